The first-order valence-corrected chi connectivity index (χ1v) is 6.50. The molecule has 1 aromatic rings. The number of hydrogen-bond donors (Lipinski definition) is 1. The van der Waals surface area contributed by atoms with Crippen molar-refractivity contribution in [1.29, 1.82) is 0 Å². The zero-order valence-electron chi connectivity index (χ0n) is 9.73. The van der Waals surface area contributed by atoms with Crippen LogP contribution < -0.4 is 10.2 Å². The zero-order valence-corrected chi connectivity index (χ0v) is 9.73. The summed E-state index contributed by atoms with van der Waals surface area (Å²) in [7, 11) is 0. The minimum atomic E-state index is 0.725. The molecule has 3 rings (SSSR count). The molecule has 1 aliphatic carbocycles. The molecule has 2 atom stereocenters. The molecule has 1 aromatic carbocycles. The average Bonchev–Trinajstić information content (AvgIpc) is 2.39. The van der Waals surface area contributed by atoms with Crippen LogP contribution in [0, 0.1) is 0 Å². The maximum atomic E-state index is 3.68. The van der Waals surface area contributed by atoms with E-state index in [1.54, 1.807) is 0 Å². The molecule has 0 amide bonds. The van der Waals surface area contributed by atoms with Gasteiger partial charge in [0.05, 0.1) is 0 Å². The molecule has 2 aliphatic rings. The van der Waals surface area contributed by atoms with Crippen LogP contribution in [0.4, 0.5) is 5.69 Å². The van der Waals surface area contributed by atoms with Crippen LogP contribution in [-0.4, -0.2) is 25.2 Å². The lowest BCUT2D eigenvalue weighted by Crippen LogP contribution is -2.59. The van der Waals surface area contributed by atoms with Gasteiger partial charge in [-0.2, -0.15) is 0 Å². The molecule has 0 bridgehead atoms. The van der Waals surface area contributed by atoms with E-state index in [9.17, 15) is 0 Å². The van der Waals surface area contributed by atoms with Crippen molar-refractivity contribution in [1.82, 2.24) is 5.32 Å². The molecule has 1 saturated carbocycles. The highest BCUT2D eigenvalue weighted by Crippen LogP contribution is 2.29. The lowest BCUT2D eigenvalue weighted by Gasteiger charge is -2.46. The first-order valence-electron chi connectivity index (χ1n) is 6.50. The van der Waals surface area contributed by atoms with Crippen molar-refractivity contribution in [2.75, 3.05) is 18.0 Å². The summed E-state index contributed by atoms with van der Waals surface area (Å²) in [5, 5.41) is 3.68. The predicted octanol–water partition coefficient (Wildman–Crippen LogP) is 2.41. The largest absolute Gasteiger partial charge is 0.366 e. The highest BCUT2D eigenvalue weighted by Gasteiger charge is 2.32. The molecule has 2 nitrogen and oxygen atoms in total. The fraction of sp³-hybridized carbons (Fsp3) is 0.571. The minimum Gasteiger partial charge on any atom is -0.366 e. The molecular formula is C14H20N2. The maximum Gasteiger partial charge on any atom is 0.0443 e. The first kappa shape index (κ1) is 10.2. The molecule has 1 saturated heterocycles. The van der Waals surface area contributed by atoms with Gasteiger partial charge >= 0.3 is 0 Å². The van der Waals surface area contributed by atoms with E-state index in [0.29, 0.717) is 0 Å². The highest BCUT2D eigenvalue weighted by atomic mass is 15.2. The molecule has 1 aliphatic heterocycles. The SMILES string of the molecule is c1ccc(N2CCN[C@H]3CCCC[C@H]32)cc1. The standard InChI is InChI=1S/C14H20N2/c1-2-6-12(7-3-1)16-11-10-15-13-8-4-5-9-14(13)16/h1-3,6-7,13-15H,4-5,8-11H2/t13-,14+/m0/s1. The third-order valence-corrected chi connectivity index (χ3v) is 3.98. The minimum absolute atomic E-state index is 0.725. The van der Waals surface area contributed by atoms with Gasteiger partial charge in [0.25, 0.3) is 0 Å². The molecule has 0 radical (unpaired) electrons. The normalized spacial score (nSPS) is 29.9. The van der Waals surface area contributed by atoms with Gasteiger partial charge in [0.15, 0.2) is 0 Å². The van der Waals surface area contributed by atoms with Gasteiger partial charge in [-0.15, -0.1) is 0 Å². The van der Waals surface area contributed by atoms with Crippen LogP contribution in [0.2, 0.25) is 0 Å². The Kier molecular flexibility index (Phi) is 2.83. The van der Waals surface area contributed by atoms with Gasteiger partial charge < -0.3 is 10.2 Å². The number of nitrogens with one attached hydrogen (secondary N) is 1. The van der Waals surface area contributed by atoms with Crippen molar-refractivity contribution in [3.63, 3.8) is 0 Å². The van der Waals surface area contributed by atoms with Crippen LogP contribution in [0.5, 0.6) is 0 Å². The second-order valence-electron chi connectivity index (χ2n) is 4.94. The number of para-hydroxylation sites is 1. The summed E-state index contributed by atoms with van der Waals surface area (Å²) in [5.41, 5.74) is 1.40. The van der Waals surface area contributed by atoms with Crippen LogP contribution in [0.1, 0.15) is 25.7 Å². The average molecular weight is 216 g/mol. The van der Waals surface area contributed by atoms with Crippen LogP contribution in [0.15, 0.2) is 30.3 Å². The second-order valence-corrected chi connectivity index (χ2v) is 4.94. The number of rotatable bonds is 1. The number of anilines is 1. The van der Waals surface area contributed by atoms with E-state index >= 15 is 0 Å². The first-order chi connectivity index (χ1) is 7.95. The Balaban J connectivity index is 1.83. The van der Waals surface area contributed by atoms with Crippen LogP contribution in [-0.2, 0) is 0 Å². The molecule has 1 N–H and O–H groups in total. The van der Waals surface area contributed by atoms with E-state index in [2.05, 4.69) is 40.5 Å². The van der Waals surface area contributed by atoms with Crippen LogP contribution in [0.25, 0.3) is 0 Å². The maximum absolute atomic E-state index is 3.68. The van der Waals surface area contributed by atoms with Gasteiger partial charge in [0.2, 0.25) is 0 Å². The highest BCUT2D eigenvalue weighted by molar-refractivity contribution is 5.48. The molecule has 86 valence electrons. The summed E-state index contributed by atoms with van der Waals surface area (Å²) < 4.78 is 0. The van der Waals surface area contributed by atoms with Gasteiger partial charge in [-0.25, -0.2) is 0 Å². The van der Waals surface area contributed by atoms with Crippen molar-refractivity contribution in [2.45, 2.75) is 37.8 Å². The van der Waals surface area contributed by atoms with Gasteiger partial charge in [-0.1, -0.05) is 31.0 Å². The van der Waals surface area contributed by atoms with Crippen molar-refractivity contribution in [2.24, 2.45) is 0 Å². The topological polar surface area (TPSA) is 15.3 Å². The molecule has 0 unspecified atom stereocenters. The second kappa shape index (κ2) is 4.46. The van der Waals surface area contributed by atoms with E-state index in [1.807, 2.05) is 0 Å². The summed E-state index contributed by atoms with van der Waals surface area (Å²) in [6.07, 6.45) is 5.50. The summed E-state index contributed by atoms with van der Waals surface area (Å²) >= 11 is 0. The lowest BCUT2D eigenvalue weighted by atomic mass is 9.87. The predicted molar refractivity (Wildman–Crippen MR) is 67.8 cm³/mol. The van der Waals surface area contributed by atoms with E-state index in [1.165, 1.54) is 31.4 Å². The third-order valence-electron chi connectivity index (χ3n) is 3.98. The number of piperazine rings is 1. The Bertz CT molecular complexity index is 334. The molecule has 2 fully saturated rings. The van der Waals surface area contributed by atoms with Gasteiger partial charge in [-0.05, 0) is 25.0 Å². The lowest BCUT2D eigenvalue weighted by molar-refractivity contribution is 0.284. The monoisotopic (exact) mass is 216 g/mol. The molecule has 0 spiro atoms. The van der Waals surface area contributed by atoms with Crippen LogP contribution in [0.3, 0.4) is 0 Å². The van der Waals surface area contributed by atoms with Crippen molar-refractivity contribution < 1.29 is 0 Å². The smallest absolute Gasteiger partial charge is 0.0443 e. The van der Waals surface area contributed by atoms with Crippen molar-refractivity contribution in [3.8, 4) is 0 Å². The van der Waals surface area contributed by atoms with E-state index in [4.69, 9.17) is 0 Å². The Morgan fingerprint density at radius 2 is 1.88 bits per heavy atom. The van der Waals surface area contributed by atoms with E-state index in [-0.39, 0.29) is 0 Å². The Hall–Kier alpha value is -1.02. The molecule has 0 aromatic heterocycles. The van der Waals surface area contributed by atoms with E-state index in [0.717, 1.165) is 25.2 Å². The number of hydrogen-bond acceptors (Lipinski definition) is 2. The summed E-state index contributed by atoms with van der Waals surface area (Å²) in [5.74, 6) is 0. The number of benzene rings is 1. The van der Waals surface area contributed by atoms with Crippen LogP contribution >= 0.6 is 0 Å². The number of nitrogens with zero attached hydrogens (tertiary/aromatic N) is 1. The Labute approximate surface area is 97.6 Å². The number of fused-ring (bicyclic) bond motifs is 1. The zero-order chi connectivity index (χ0) is 10.8. The molecular weight excluding hydrogens is 196 g/mol. The van der Waals surface area contributed by atoms with Crippen molar-refractivity contribution >= 4 is 5.69 Å². The quantitative estimate of drug-likeness (QED) is 0.775. The molecule has 2 heteroatoms. The van der Waals surface area contributed by atoms with Gasteiger partial charge in [0.1, 0.15) is 0 Å². The fourth-order valence-corrected chi connectivity index (χ4v) is 3.20. The van der Waals surface area contributed by atoms with Gasteiger partial charge in [0, 0.05) is 30.9 Å². The van der Waals surface area contributed by atoms with Gasteiger partial charge in [-0.3, -0.25) is 0 Å². The Morgan fingerprint density at radius 3 is 2.75 bits per heavy atom. The third kappa shape index (κ3) is 1.82. The van der Waals surface area contributed by atoms with E-state index < -0.39 is 0 Å². The fourth-order valence-electron chi connectivity index (χ4n) is 3.20. The Morgan fingerprint density at radius 1 is 1.06 bits per heavy atom. The summed E-state index contributed by atoms with van der Waals surface area (Å²) in [6.45, 7) is 2.29. The summed E-state index contributed by atoms with van der Waals surface area (Å²) in [6, 6.07) is 12.3. The summed E-state index contributed by atoms with van der Waals surface area (Å²) in [4.78, 5) is 2.61. The van der Waals surface area contributed by atoms with Crippen molar-refractivity contribution in [3.05, 3.63) is 30.3 Å². The molecule has 16 heavy (non-hydrogen) atoms. The molecule has 1 heterocycles.